The van der Waals surface area contributed by atoms with Crippen molar-refractivity contribution in [2.24, 2.45) is 0 Å². The summed E-state index contributed by atoms with van der Waals surface area (Å²) >= 11 is 1.56. The van der Waals surface area contributed by atoms with Crippen molar-refractivity contribution >= 4 is 23.4 Å². The predicted molar refractivity (Wildman–Crippen MR) is 84.1 cm³/mol. The Hall–Kier alpha value is -1.36. The van der Waals surface area contributed by atoms with Crippen molar-refractivity contribution in [1.29, 1.82) is 0 Å². The molecule has 0 bridgehead atoms. The minimum atomic E-state index is -0.409. The van der Waals surface area contributed by atoms with Crippen LogP contribution in [0.15, 0.2) is 24.3 Å². The molecule has 0 aliphatic rings. The Kier molecular flexibility index (Phi) is 6.71. The summed E-state index contributed by atoms with van der Waals surface area (Å²) in [5.74, 6) is 1.86. The summed E-state index contributed by atoms with van der Waals surface area (Å²) < 4.78 is 10.8. The van der Waals surface area contributed by atoms with Gasteiger partial charge < -0.3 is 15.2 Å². The molecule has 1 aromatic rings. The zero-order chi connectivity index (χ0) is 15.0. The van der Waals surface area contributed by atoms with E-state index < -0.39 is 5.60 Å². The van der Waals surface area contributed by atoms with Gasteiger partial charge in [-0.2, -0.15) is 11.8 Å². The molecule has 0 atom stereocenters. The lowest BCUT2D eigenvalue weighted by Gasteiger charge is -2.19. The average Bonchev–Trinajstić information content (AvgIpc) is 2.31. The molecule has 0 fully saturated rings. The quantitative estimate of drug-likeness (QED) is 0.476. The fourth-order valence-corrected chi connectivity index (χ4v) is 2.17. The van der Waals surface area contributed by atoms with E-state index in [1.165, 1.54) is 0 Å². The van der Waals surface area contributed by atoms with Crippen LogP contribution in [0.4, 0.5) is 5.69 Å². The minimum absolute atomic E-state index is 0.167. The molecule has 0 saturated heterocycles. The van der Waals surface area contributed by atoms with Gasteiger partial charge in [0.2, 0.25) is 0 Å². The summed E-state index contributed by atoms with van der Waals surface area (Å²) in [6.45, 7) is 6.23. The summed E-state index contributed by atoms with van der Waals surface area (Å²) in [5.41, 5.74) is 5.95. The van der Waals surface area contributed by atoms with Crippen molar-refractivity contribution in [3.63, 3.8) is 0 Å². The molecular formula is C15H23NO3S. The van der Waals surface area contributed by atoms with Crippen molar-refractivity contribution in [2.75, 3.05) is 23.8 Å². The molecule has 0 unspecified atom stereocenters. The molecule has 1 aromatic carbocycles. The fraction of sp³-hybridized carbons (Fsp3) is 0.533. The zero-order valence-electron chi connectivity index (χ0n) is 12.3. The second kappa shape index (κ2) is 8.04. The predicted octanol–water partition coefficient (Wildman–Crippen LogP) is 3.11. The SMILES string of the molecule is CC(C)(C)OC(=O)CSCCCOc1cccc(N)c1. The van der Waals surface area contributed by atoms with E-state index in [2.05, 4.69) is 0 Å². The van der Waals surface area contributed by atoms with Crippen LogP contribution in [0.2, 0.25) is 0 Å². The monoisotopic (exact) mass is 297 g/mol. The second-order valence-electron chi connectivity index (χ2n) is 5.41. The molecule has 20 heavy (non-hydrogen) atoms. The topological polar surface area (TPSA) is 61.5 Å². The van der Waals surface area contributed by atoms with Gasteiger partial charge in [-0.05, 0) is 45.1 Å². The number of esters is 1. The van der Waals surface area contributed by atoms with Gasteiger partial charge in [0, 0.05) is 11.8 Å². The molecule has 0 saturated carbocycles. The molecule has 0 heterocycles. The van der Waals surface area contributed by atoms with E-state index in [4.69, 9.17) is 15.2 Å². The van der Waals surface area contributed by atoms with Crippen LogP contribution in [0.1, 0.15) is 27.2 Å². The van der Waals surface area contributed by atoms with Gasteiger partial charge in [0.1, 0.15) is 11.4 Å². The van der Waals surface area contributed by atoms with Gasteiger partial charge in [0.05, 0.1) is 12.4 Å². The number of benzene rings is 1. The van der Waals surface area contributed by atoms with Crippen LogP contribution >= 0.6 is 11.8 Å². The highest BCUT2D eigenvalue weighted by molar-refractivity contribution is 7.99. The first-order valence-electron chi connectivity index (χ1n) is 6.65. The number of carbonyl (C=O) groups is 1. The van der Waals surface area contributed by atoms with Crippen LogP contribution in [0, 0.1) is 0 Å². The van der Waals surface area contributed by atoms with E-state index in [9.17, 15) is 4.79 Å². The molecule has 5 heteroatoms. The van der Waals surface area contributed by atoms with Gasteiger partial charge in [0.15, 0.2) is 0 Å². The second-order valence-corrected chi connectivity index (χ2v) is 6.52. The molecule has 0 spiro atoms. The smallest absolute Gasteiger partial charge is 0.316 e. The molecule has 0 radical (unpaired) electrons. The van der Waals surface area contributed by atoms with E-state index >= 15 is 0 Å². The lowest BCUT2D eigenvalue weighted by molar-refractivity contribution is -0.151. The molecule has 0 aliphatic carbocycles. The van der Waals surface area contributed by atoms with Crippen LogP contribution in [0.3, 0.4) is 0 Å². The number of anilines is 1. The van der Waals surface area contributed by atoms with Crippen LogP contribution < -0.4 is 10.5 Å². The lowest BCUT2D eigenvalue weighted by atomic mass is 10.2. The van der Waals surface area contributed by atoms with Crippen LogP contribution in [0.5, 0.6) is 5.75 Å². The third-order valence-electron chi connectivity index (χ3n) is 2.20. The highest BCUT2D eigenvalue weighted by atomic mass is 32.2. The Morgan fingerprint density at radius 3 is 2.75 bits per heavy atom. The van der Waals surface area contributed by atoms with Crippen molar-refractivity contribution in [2.45, 2.75) is 32.8 Å². The van der Waals surface area contributed by atoms with Gasteiger partial charge in [-0.1, -0.05) is 6.07 Å². The van der Waals surface area contributed by atoms with Crippen molar-refractivity contribution in [3.05, 3.63) is 24.3 Å². The average molecular weight is 297 g/mol. The van der Waals surface area contributed by atoms with Gasteiger partial charge in [-0.25, -0.2) is 0 Å². The number of hydrogen-bond acceptors (Lipinski definition) is 5. The highest BCUT2D eigenvalue weighted by Gasteiger charge is 2.15. The van der Waals surface area contributed by atoms with Gasteiger partial charge in [-0.3, -0.25) is 4.79 Å². The number of nitrogens with two attached hydrogens (primary N) is 1. The van der Waals surface area contributed by atoms with Crippen LogP contribution in [-0.4, -0.2) is 29.7 Å². The Bertz CT molecular complexity index is 429. The first-order chi connectivity index (χ1) is 9.37. The molecule has 0 amide bonds. The van der Waals surface area contributed by atoms with Crippen molar-refractivity contribution in [1.82, 2.24) is 0 Å². The largest absolute Gasteiger partial charge is 0.493 e. The molecule has 112 valence electrons. The van der Waals surface area contributed by atoms with Crippen LogP contribution in [-0.2, 0) is 9.53 Å². The normalized spacial score (nSPS) is 11.2. The standard InChI is InChI=1S/C15H23NO3S/c1-15(2,3)19-14(17)11-20-9-5-8-18-13-7-4-6-12(16)10-13/h4,6-7,10H,5,8-9,11,16H2,1-3H3. The van der Waals surface area contributed by atoms with Gasteiger partial charge in [0.25, 0.3) is 0 Å². The minimum Gasteiger partial charge on any atom is -0.493 e. The maximum Gasteiger partial charge on any atom is 0.316 e. The summed E-state index contributed by atoms with van der Waals surface area (Å²) in [4.78, 5) is 11.5. The van der Waals surface area contributed by atoms with E-state index in [-0.39, 0.29) is 5.97 Å². The number of thioether (sulfide) groups is 1. The maximum absolute atomic E-state index is 11.5. The highest BCUT2D eigenvalue weighted by Crippen LogP contribution is 2.15. The fourth-order valence-electron chi connectivity index (χ4n) is 1.48. The maximum atomic E-state index is 11.5. The van der Waals surface area contributed by atoms with E-state index in [0.717, 1.165) is 17.9 Å². The zero-order valence-corrected chi connectivity index (χ0v) is 13.2. The van der Waals surface area contributed by atoms with Crippen LogP contribution in [0.25, 0.3) is 0 Å². The Morgan fingerprint density at radius 1 is 1.35 bits per heavy atom. The van der Waals surface area contributed by atoms with E-state index in [1.807, 2.05) is 39.0 Å². The van der Waals surface area contributed by atoms with E-state index in [1.54, 1.807) is 17.8 Å². The van der Waals surface area contributed by atoms with E-state index in [0.29, 0.717) is 18.0 Å². The van der Waals surface area contributed by atoms with Crippen molar-refractivity contribution < 1.29 is 14.3 Å². The summed E-state index contributed by atoms with van der Waals surface area (Å²) in [6.07, 6.45) is 0.877. The van der Waals surface area contributed by atoms with Crippen molar-refractivity contribution in [3.8, 4) is 5.75 Å². The molecule has 1 rings (SSSR count). The molecule has 4 nitrogen and oxygen atoms in total. The lowest BCUT2D eigenvalue weighted by Crippen LogP contribution is -2.25. The number of nitrogen functional groups attached to an aromatic ring is 1. The Balaban J connectivity index is 2.07. The molecular weight excluding hydrogens is 274 g/mol. The third kappa shape index (κ3) is 7.94. The Morgan fingerprint density at radius 2 is 2.10 bits per heavy atom. The first-order valence-corrected chi connectivity index (χ1v) is 7.80. The number of carbonyl (C=O) groups excluding carboxylic acids is 1. The molecule has 0 aliphatic heterocycles. The molecule has 0 aromatic heterocycles. The molecule has 2 N–H and O–H groups in total. The number of ether oxygens (including phenoxy) is 2. The third-order valence-corrected chi connectivity index (χ3v) is 3.22. The number of rotatable bonds is 7. The number of hydrogen-bond donors (Lipinski definition) is 1. The van der Waals surface area contributed by atoms with Gasteiger partial charge in [-0.15, -0.1) is 0 Å². The summed E-state index contributed by atoms with van der Waals surface area (Å²) in [5, 5.41) is 0. The van der Waals surface area contributed by atoms with Gasteiger partial charge >= 0.3 is 5.97 Å². The first kappa shape index (κ1) is 16.7. The Labute approximate surface area is 125 Å². The summed E-state index contributed by atoms with van der Waals surface area (Å²) in [6, 6.07) is 7.36. The summed E-state index contributed by atoms with van der Waals surface area (Å²) in [7, 11) is 0.